The largest absolute Gasteiger partial charge is 0.375 e. The zero-order valence-corrected chi connectivity index (χ0v) is 18.7. The molecule has 1 N–H and O–H groups in total. The van der Waals surface area contributed by atoms with Crippen LogP contribution in [-0.2, 0) is 17.6 Å². The molecule has 31 heavy (non-hydrogen) atoms. The van der Waals surface area contributed by atoms with Gasteiger partial charge < -0.3 is 19.5 Å². The first-order valence-corrected chi connectivity index (χ1v) is 11.6. The van der Waals surface area contributed by atoms with Crippen LogP contribution in [0, 0.1) is 5.92 Å². The molecule has 2 saturated heterocycles. The minimum Gasteiger partial charge on any atom is -0.375 e. The van der Waals surface area contributed by atoms with Crippen LogP contribution >= 0.6 is 0 Å². The van der Waals surface area contributed by atoms with Crippen LogP contribution in [0.25, 0.3) is 0 Å². The lowest BCUT2D eigenvalue weighted by Gasteiger charge is -2.46. The van der Waals surface area contributed by atoms with Gasteiger partial charge in [-0.15, -0.1) is 0 Å². The average molecular weight is 427 g/mol. The first kappa shape index (κ1) is 21.8. The van der Waals surface area contributed by atoms with Gasteiger partial charge in [0.1, 0.15) is 0 Å². The van der Waals surface area contributed by atoms with Crippen molar-refractivity contribution in [2.24, 2.45) is 5.92 Å². The Morgan fingerprint density at radius 2 is 2.03 bits per heavy atom. The molecule has 2 aliphatic rings. The fourth-order valence-corrected chi connectivity index (χ4v) is 4.68. The lowest BCUT2D eigenvalue weighted by atomic mass is 9.78. The number of ether oxygens (including phenoxy) is 1. The molecule has 0 saturated carbocycles. The van der Waals surface area contributed by atoms with Gasteiger partial charge in [-0.3, -0.25) is 0 Å². The third kappa shape index (κ3) is 5.64. The number of carbonyl (C=O) groups is 1. The van der Waals surface area contributed by atoms with E-state index in [1.807, 2.05) is 23.1 Å². The van der Waals surface area contributed by atoms with Gasteiger partial charge in [-0.05, 0) is 43.6 Å². The molecule has 3 heterocycles. The van der Waals surface area contributed by atoms with E-state index in [4.69, 9.17) is 9.26 Å². The van der Waals surface area contributed by atoms with E-state index in [9.17, 15) is 4.79 Å². The summed E-state index contributed by atoms with van der Waals surface area (Å²) in [6, 6.07) is 10.3. The van der Waals surface area contributed by atoms with Crippen molar-refractivity contribution in [2.75, 3.05) is 26.2 Å². The van der Waals surface area contributed by atoms with Gasteiger partial charge in [-0.25, -0.2) is 4.79 Å². The minimum atomic E-state index is -0.117. The number of piperidine rings is 1. The summed E-state index contributed by atoms with van der Waals surface area (Å²) in [4.78, 5) is 19.0. The maximum Gasteiger partial charge on any atom is 0.317 e. The second-order valence-corrected chi connectivity index (χ2v) is 9.25. The van der Waals surface area contributed by atoms with Gasteiger partial charge in [0.2, 0.25) is 5.89 Å². The number of hydrogen-bond acceptors (Lipinski definition) is 5. The molecule has 2 aliphatic heterocycles. The second-order valence-electron chi connectivity index (χ2n) is 9.25. The van der Waals surface area contributed by atoms with Crippen LogP contribution in [0.4, 0.5) is 4.79 Å². The van der Waals surface area contributed by atoms with E-state index in [0.717, 1.165) is 64.0 Å². The van der Waals surface area contributed by atoms with Gasteiger partial charge in [0.25, 0.3) is 0 Å². The average Bonchev–Trinajstić information content (AvgIpc) is 3.24. The van der Waals surface area contributed by atoms with Crippen LogP contribution in [-0.4, -0.2) is 52.9 Å². The van der Waals surface area contributed by atoms with Crippen LogP contribution in [0.1, 0.15) is 62.7 Å². The predicted octanol–water partition coefficient (Wildman–Crippen LogP) is 3.95. The van der Waals surface area contributed by atoms with E-state index in [1.165, 1.54) is 5.56 Å². The molecule has 0 aliphatic carbocycles. The van der Waals surface area contributed by atoms with Gasteiger partial charge in [0, 0.05) is 38.6 Å². The van der Waals surface area contributed by atoms with Crippen molar-refractivity contribution in [2.45, 2.75) is 63.9 Å². The van der Waals surface area contributed by atoms with Crippen molar-refractivity contribution in [3.63, 3.8) is 0 Å². The number of aromatic nitrogens is 2. The van der Waals surface area contributed by atoms with E-state index in [2.05, 4.69) is 41.4 Å². The lowest BCUT2D eigenvalue weighted by molar-refractivity contribution is -0.123. The fraction of sp³-hybridized carbons (Fsp3) is 0.625. The fourth-order valence-electron chi connectivity index (χ4n) is 4.68. The summed E-state index contributed by atoms with van der Waals surface area (Å²) < 4.78 is 11.6. The zero-order valence-electron chi connectivity index (χ0n) is 18.7. The summed E-state index contributed by atoms with van der Waals surface area (Å²) in [5.74, 6) is 2.27. The molecular formula is C24H34N4O3. The molecular weight excluding hydrogens is 392 g/mol. The third-order valence-electron chi connectivity index (χ3n) is 6.54. The lowest BCUT2D eigenvalue weighted by Crippen LogP contribution is -2.53. The quantitative estimate of drug-likeness (QED) is 0.756. The Kier molecular flexibility index (Phi) is 6.90. The number of urea groups is 1. The van der Waals surface area contributed by atoms with Crippen LogP contribution in [0.15, 0.2) is 34.9 Å². The Bertz CT molecular complexity index is 844. The van der Waals surface area contributed by atoms with E-state index in [0.29, 0.717) is 18.4 Å². The van der Waals surface area contributed by atoms with E-state index in [1.54, 1.807) is 0 Å². The van der Waals surface area contributed by atoms with Gasteiger partial charge in [-0.2, -0.15) is 4.98 Å². The number of carbonyl (C=O) groups excluding carboxylic acids is 1. The van der Waals surface area contributed by atoms with Crippen molar-refractivity contribution in [1.82, 2.24) is 20.4 Å². The molecule has 168 valence electrons. The molecule has 2 aromatic rings. The normalized spacial score (nSPS) is 20.9. The van der Waals surface area contributed by atoms with Gasteiger partial charge in [-0.1, -0.05) is 49.3 Å². The van der Waals surface area contributed by atoms with Crippen molar-refractivity contribution >= 4 is 6.03 Å². The van der Waals surface area contributed by atoms with Crippen molar-refractivity contribution < 1.29 is 14.1 Å². The van der Waals surface area contributed by atoms with E-state index >= 15 is 0 Å². The Morgan fingerprint density at radius 3 is 2.74 bits per heavy atom. The number of benzene rings is 1. The molecule has 1 atom stereocenters. The molecule has 4 rings (SSSR count). The summed E-state index contributed by atoms with van der Waals surface area (Å²) in [6.07, 6.45) is 5.49. The van der Waals surface area contributed by atoms with Crippen molar-refractivity contribution in [3.8, 4) is 0 Å². The summed E-state index contributed by atoms with van der Waals surface area (Å²) in [6.45, 7) is 7.03. The standard InChI is InChI=1S/C24H34N4O3/c1-18(2)22-26-21(27-31-22)16-20-9-15-30-24(17-20)10-13-28(14-11-24)23(29)25-12-8-19-6-4-3-5-7-19/h3-7,18,20H,8-17H2,1-2H3,(H,25,29). The van der Waals surface area contributed by atoms with Crippen LogP contribution in [0.5, 0.6) is 0 Å². The summed E-state index contributed by atoms with van der Waals surface area (Å²) in [5.41, 5.74) is 1.12. The molecule has 1 unspecified atom stereocenters. The van der Waals surface area contributed by atoms with Gasteiger partial charge in [0.15, 0.2) is 5.82 Å². The summed E-state index contributed by atoms with van der Waals surface area (Å²) in [5, 5.41) is 7.23. The number of hydrogen-bond donors (Lipinski definition) is 1. The molecule has 2 fully saturated rings. The first-order valence-electron chi connectivity index (χ1n) is 11.6. The molecule has 1 spiro atoms. The molecule has 7 heteroatoms. The summed E-state index contributed by atoms with van der Waals surface area (Å²) >= 11 is 0. The smallest absolute Gasteiger partial charge is 0.317 e. The van der Waals surface area contributed by atoms with Crippen LogP contribution < -0.4 is 5.32 Å². The number of rotatable bonds is 6. The number of nitrogens with zero attached hydrogens (tertiary/aromatic N) is 3. The van der Waals surface area contributed by atoms with E-state index in [-0.39, 0.29) is 17.6 Å². The van der Waals surface area contributed by atoms with Crippen molar-refractivity contribution in [3.05, 3.63) is 47.6 Å². The van der Waals surface area contributed by atoms with E-state index < -0.39 is 0 Å². The molecule has 1 aromatic carbocycles. The highest BCUT2D eigenvalue weighted by atomic mass is 16.5. The maximum atomic E-state index is 12.6. The zero-order chi connectivity index (χ0) is 21.7. The number of amides is 2. The Hall–Kier alpha value is -2.41. The monoisotopic (exact) mass is 426 g/mol. The molecule has 1 aromatic heterocycles. The van der Waals surface area contributed by atoms with Gasteiger partial charge in [0.05, 0.1) is 5.60 Å². The predicted molar refractivity (Wildman–Crippen MR) is 118 cm³/mol. The Labute approximate surface area is 184 Å². The topological polar surface area (TPSA) is 80.5 Å². The summed E-state index contributed by atoms with van der Waals surface area (Å²) in [7, 11) is 0. The van der Waals surface area contributed by atoms with Crippen LogP contribution in [0.3, 0.4) is 0 Å². The highest BCUT2D eigenvalue weighted by Crippen LogP contribution is 2.38. The molecule has 0 radical (unpaired) electrons. The number of nitrogens with one attached hydrogen (secondary N) is 1. The van der Waals surface area contributed by atoms with Crippen LogP contribution in [0.2, 0.25) is 0 Å². The SMILES string of the molecule is CC(C)c1nc(CC2CCOC3(CCN(C(=O)NCCc4ccccc4)CC3)C2)no1. The maximum absolute atomic E-state index is 12.6. The van der Waals surface area contributed by atoms with Crippen molar-refractivity contribution in [1.29, 1.82) is 0 Å². The molecule has 2 amide bonds. The van der Waals surface area contributed by atoms with Gasteiger partial charge >= 0.3 is 6.03 Å². The third-order valence-corrected chi connectivity index (χ3v) is 6.54. The molecule has 0 bridgehead atoms. The Morgan fingerprint density at radius 1 is 1.26 bits per heavy atom. The highest BCUT2D eigenvalue weighted by molar-refractivity contribution is 5.74. The minimum absolute atomic E-state index is 0.0335. The Balaban J connectivity index is 1.23. The molecule has 7 nitrogen and oxygen atoms in total. The number of likely N-dealkylation sites (tertiary alicyclic amines) is 1. The second kappa shape index (κ2) is 9.81. The first-order chi connectivity index (χ1) is 15.0. The highest BCUT2D eigenvalue weighted by Gasteiger charge is 2.41.